The van der Waals surface area contributed by atoms with E-state index in [1.165, 1.54) is 0 Å². The van der Waals surface area contributed by atoms with Crippen LogP contribution in [0.3, 0.4) is 0 Å². The van der Waals surface area contributed by atoms with Crippen LogP contribution in [0, 0.1) is 5.41 Å². The fourth-order valence-electron chi connectivity index (χ4n) is 2.31. The lowest BCUT2D eigenvalue weighted by Gasteiger charge is -2.30. The van der Waals surface area contributed by atoms with E-state index in [4.69, 9.17) is 0 Å². The predicted octanol–water partition coefficient (Wildman–Crippen LogP) is 4.58. The van der Waals surface area contributed by atoms with Crippen LogP contribution < -0.4 is 0 Å². The topological polar surface area (TPSA) is 17.1 Å². The molecule has 1 nitrogen and oxygen atoms in total. The zero-order chi connectivity index (χ0) is 12.9. The fraction of sp³-hybridized carbons (Fsp3) is 0.562. The third kappa shape index (κ3) is 3.99. The second-order valence-corrected chi connectivity index (χ2v) is 5.78. The second kappa shape index (κ2) is 6.00. The second-order valence-electron chi connectivity index (χ2n) is 5.78. The number of carbonyl (C=O) groups is 1. The highest BCUT2D eigenvalue weighted by Crippen LogP contribution is 2.36. The monoisotopic (exact) mass is 232 g/mol. The van der Waals surface area contributed by atoms with Gasteiger partial charge in [-0.15, -0.1) is 0 Å². The Balaban J connectivity index is 2.94. The van der Waals surface area contributed by atoms with Crippen LogP contribution in [-0.2, 0) is 4.79 Å². The minimum Gasteiger partial charge on any atom is -0.299 e. The van der Waals surface area contributed by atoms with Gasteiger partial charge in [0, 0.05) is 12.3 Å². The largest absolute Gasteiger partial charge is 0.299 e. The van der Waals surface area contributed by atoms with Crippen molar-refractivity contribution in [3.8, 4) is 0 Å². The van der Waals surface area contributed by atoms with Gasteiger partial charge >= 0.3 is 0 Å². The number of hydrogen-bond donors (Lipinski definition) is 0. The van der Waals surface area contributed by atoms with Crippen LogP contribution in [0.2, 0.25) is 0 Å². The molecule has 0 aliphatic heterocycles. The van der Waals surface area contributed by atoms with Gasteiger partial charge in [-0.25, -0.2) is 0 Å². The molecule has 0 spiro atoms. The van der Waals surface area contributed by atoms with Gasteiger partial charge in [-0.2, -0.15) is 0 Å². The molecule has 0 N–H and O–H groups in total. The number of Topliss-reactive ketones (excluding diaryl/α,β-unsaturated/α-hetero) is 1. The Bertz CT molecular complexity index is 346. The van der Waals surface area contributed by atoms with Gasteiger partial charge in [0.05, 0.1) is 0 Å². The lowest BCUT2D eigenvalue weighted by Crippen LogP contribution is -2.26. The minimum absolute atomic E-state index is 0.00776. The SMILES string of the molecule is CCCCC(=O)C(c1ccccc1)C(C)(C)C. The molecule has 1 atom stereocenters. The molecule has 1 aromatic rings. The van der Waals surface area contributed by atoms with Crippen molar-refractivity contribution in [2.75, 3.05) is 0 Å². The first-order chi connectivity index (χ1) is 7.96. The highest BCUT2D eigenvalue weighted by molar-refractivity contribution is 5.86. The van der Waals surface area contributed by atoms with E-state index in [0.29, 0.717) is 12.2 Å². The van der Waals surface area contributed by atoms with Gasteiger partial charge < -0.3 is 0 Å². The minimum atomic E-state index is -0.00776. The molecule has 0 heterocycles. The quantitative estimate of drug-likeness (QED) is 0.726. The van der Waals surface area contributed by atoms with Crippen LogP contribution in [0.5, 0.6) is 0 Å². The molecule has 1 rings (SSSR count). The maximum atomic E-state index is 12.3. The summed E-state index contributed by atoms with van der Waals surface area (Å²) in [7, 11) is 0. The van der Waals surface area contributed by atoms with E-state index in [1.54, 1.807) is 0 Å². The Morgan fingerprint density at radius 1 is 1.18 bits per heavy atom. The molecule has 17 heavy (non-hydrogen) atoms. The van der Waals surface area contributed by atoms with E-state index in [2.05, 4.69) is 39.8 Å². The highest BCUT2D eigenvalue weighted by atomic mass is 16.1. The Morgan fingerprint density at radius 3 is 2.24 bits per heavy atom. The maximum Gasteiger partial charge on any atom is 0.140 e. The van der Waals surface area contributed by atoms with Crippen molar-refractivity contribution in [2.45, 2.75) is 52.9 Å². The molecule has 1 heteroatoms. The third-order valence-corrected chi connectivity index (χ3v) is 3.10. The molecule has 0 fully saturated rings. The van der Waals surface area contributed by atoms with Crippen molar-refractivity contribution in [3.05, 3.63) is 35.9 Å². The Kier molecular flexibility index (Phi) is 4.92. The summed E-state index contributed by atoms with van der Waals surface area (Å²) >= 11 is 0. The fourth-order valence-corrected chi connectivity index (χ4v) is 2.31. The van der Waals surface area contributed by atoms with Crippen molar-refractivity contribution < 1.29 is 4.79 Å². The van der Waals surface area contributed by atoms with Crippen LogP contribution in [0.15, 0.2) is 30.3 Å². The van der Waals surface area contributed by atoms with E-state index in [9.17, 15) is 4.79 Å². The van der Waals surface area contributed by atoms with E-state index >= 15 is 0 Å². The van der Waals surface area contributed by atoms with Crippen LogP contribution in [0.4, 0.5) is 0 Å². The average Bonchev–Trinajstić information content (AvgIpc) is 2.26. The van der Waals surface area contributed by atoms with Crippen molar-refractivity contribution >= 4 is 5.78 Å². The van der Waals surface area contributed by atoms with Gasteiger partial charge in [0.1, 0.15) is 5.78 Å². The lowest BCUT2D eigenvalue weighted by molar-refractivity contribution is -0.122. The number of benzene rings is 1. The van der Waals surface area contributed by atoms with E-state index < -0.39 is 0 Å². The molecule has 0 bridgehead atoms. The van der Waals surface area contributed by atoms with Gasteiger partial charge in [0.2, 0.25) is 0 Å². The number of ketones is 1. The lowest BCUT2D eigenvalue weighted by atomic mass is 9.73. The normalized spacial score (nSPS) is 13.4. The zero-order valence-electron chi connectivity index (χ0n) is 11.5. The molecule has 0 saturated heterocycles. The third-order valence-electron chi connectivity index (χ3n) is 3.10. The first kappa shape index (κ1) is 14.0. The van der Waals surface area contributed by atoms with E-state index in [1.807, 2.05) is 18.2 Å². The summed E-state index contributed by atoms with van der Waals surface area (Å²) in [5.41, 5.74) is 1.15. The molecule has 94 valence electrons. The summed E-state index contributed by atoms with van der Waals surface area (Å²) in [6.07, 6.45) is 2.78. The summed E-state index contributed by atoms with van der Waals surface area (Å²) in [5, 5.41) is 0. The van der Waals surface area contributed by atoms with Gasteiger partial charge in [0.25, 0.3) is 0 Å². The van der Waals surface area contributed by atoms with Crippen molar-refractivity contribution in [1.82, 2.24) is 0 Å². The summed E-state index contributed by atoms with van der Waals surface area (Å²) in [6.45, 7) is 8.57. The average molecular weight is 232 g/mol. The van der Waals surface area contributed by atoms with Crippen molar-refractivity contribution in [3.63, 3.8) is 0 Å². The number of carbonyl (C=O) groups excluding carboxylic acids is 1. The van der Waals surface area contributed by atoms with Crippen molar-refractivity contribution in [1.29, 1.82) is 0 Å². The Morgan fingerprint density at radius 2 is 1.76 bits per heavy atom. The Hall–Kier alpha value is -1.11. The van der Waals surface area contributed by atoms with Crippen LogP contribution in [0.1, 0.15) is 58.4 Å². The molecule has 0 aliphatic rings. The smallest absolute Gasteiger partial charge is 0.140 e. The van der Waals surface area contributed by atoms with E-state index in [-0.39, 0.29) is 11.3 Å². The van der Waals surface area contributed by atoms with E-state index in [0.717, 1.165) is 18.4 Å². The summed E-state index contributed by atoms with van der Waals surface area (Å²) < 4.78 is 0. The maximum absolute atomic E-state index is 12.3. The number of unbranched alkanes of at least 4 members (excludes halogenated alkanes) is 1. The molecule has 1 unspecified atom stereocenters. The highest BCUT2D eigenvalue weighted by Gasteiger charge is 2.31. The molecular weight excluding hydrogens is 208 g/mol. The Labute approximate surface area is 105 Å². The van der Waals surface area contributed by atoms with Crippen LogP contribution in [0.25, 0.3) is 0 Å². The van der Waals surface area contributed by atoms with Crippen molar-refractivity contribution in [2.24, 2.45) is 5.41 Å². The zero-order valence-corrected chi connectivity index (χ0v) is 11.5. The molecule has 1 aromatic carbocycles. The molecule has 0 radical (unpaired) electrons. The molecule has 0 aliphatic carbocycles. The first-order valence-corrected chi connectivity index (χ1v) is 6.54. The van der Waals surface area contributed by atoms with Gasteiger partial charge in [-0.1, -0.05) is 64.4 Å². The standard InChI is InChI=1S/C16H24O/c1-5-6-12-14(17)15(16(2,3)4)13-10-8-7-9-11-13/h7-11,15H,5-6,12H2,1-4H3. The molecule has 0 aromatic heterocycles. The summed E-state index contributed by atoms with van der Waals surface area (Å²) in [4.78, 5) is 12.3. The summed E-state index contributed by atoms with van der Waals surface area (Å²) in [6, 6.07) is 10.2. The first-order valence-electron chi connectivity index (χ1n) is 6.54. The summed E-state index contributed by atoms with van der Waals surface area (Å²) in [5.74, 6) is 0.404. The van der Waals surface area contributed by atoms with Gasteiger partial charge in [0.15, 0.2) is 0 Å². The molecule has 0 saturated carbocycles. The predicted molar refractivity (Wildman–Crippen MR) is 73.2 cm³/mol. The van der Waals surface area contributed by atoms with Gasteiger partial charge in [-0.05, 0) is 17.4 Å². The number of hydrogen-bond acceptors (Lipinski definition) is 1. The molecular formula is C16H24O. The van der Waals surface area contributed by atoms with Gasteiger partial charge in [-0.3, -0.25) is 4.79 Å². The van der Waals surface area contributed by atoms with Crippen LogP contribution >= 0.6 is 0 Å². The van der Waals surface area contributed by atoms with Crippen LogP contribution in [-0.4, -0.2) is 5.78 Å². The molecule has 0 amide bonds. The number of rotatable bonds is 5.